The summed E-state index contributed by atoms with van der Waals surface area (Å²) in [6.45, 7) is 3.10. The Bertz CT molecular complexity index is 547. The summed E-state index contributed by atoms with van der Waals surface area (Å²) in [7, 11) is -5.44. The number of alkyl halides is 3. The van der Waals surface area contributed by atoms with Gasteiger partial charge in [-0.3, -0.25) is 0 Å². The molecule has 0 atom stereocenters. The molecule has 0 heterocycles. The first-order valence-electron chi connectivity index (χ1n) is 5.27. The van der Waals surface area contributed by atoms with Gasteiger partial charge in [-0.25, -0.2) is 8.42 Å². The van der Waals surface area contributed by atoms with E-state index in [1.807, 2.05) is 0 Å². The zero-order valence-electron chi connectivity index (χ0n) is 10.4. The van der Waals surface area contributed by atoms with E-state index in [0.717, 1.165) is 12.1 Å². The molecule has 108 valence electrons. The summed E-state index contributed by atoms with van der Waals surface area (Å²) < 4.78 is 65.3. The topological polar surface area (TPSA) is 69.4 Å². The smallest absolute Gasteiger partial charge is 0.490 e. The largest absolute Gasteiger partial charge is 0.502 e. The second-order valence-corrected chi connectivity index (χ2v) is 6.58. The molecule has 0 bridgehead atoms. The average molecular weight is 297 g/mol. The van der Waals surface area contributed by atoms with Gasteiger partial charge in [0.2, 0.25) is 0 Å². The Balaban J connectivity index is 3.18. The van der Waals surface area contributed by atoms with Gasteiger partial charge in [0, 0.05) is 5.54 Å². The summed E-state index contributed by atoms with van der Waals surface area (Å²) in [6, 6.07) is 4.58. The summed E-state index contributed by atoms with van der Waals surface area (Å²) in [5, 5.41) is 0. The predicted octanol–water partition coefficient (Wildman–Crippen LogP) is 2.10. The van der Waals surface area contributed by atoms with Crippen LogP contribution < -0.4 is 10.5 Å². The van der Waals surface area contributed by atoms with Crippen molar-refractivity contribution in [1.29, 1.82) is 0 Å². The summed E-state index contributed by atoms with van der Waals surface area (Å²) in [6.07, 6.45) is 0. The summed E-state index contributed by atoms with van der Waals surface area (Å²) >= 11 is 0. The van der Waals surface area contributed by atoms with Gasteiger partial charge in [0.25, 0.3) is 9.84 Å². The quantitative estimate of drug-likeness (QED) is 0.924. The fraction of sp³-hybridized carbons (Fsp3) is 0.455. The van der Waals surface area contributed by atoms with E-state index >= 15 is 0 Å². The molecule has 0 aliphatic heterocycles. The van der Waals surface area contributed by atoms with Gasteiger partial charge in [0.1, 0.15) is 17.3 Å². The van der Waals surface area contributed by atoms with E-state index in [0.29, 0.717) is 0 Å². The fourth-order valence-electron chi connectivity index (χ4n) is 1.18. The van der Waals surface area contributed by atoms with Gasteiger partial charge in [0.05, 0.1) is 0 Å². The Hall–Kier alpha value is -1.28. The zero-order valence-corrected chi connectivity index (χ0v) is 11.2. The molecule has 1 aromatic rings. The van der Waals surface area contributed by atoms with Crippen LogP contribution in [0.25, 0.3) is 0 Å². The number of hydrogen-bond donors (Lipinski definition) is 1. The third-order valence-corrected chi connectivity index (χ3v) is 3.57. The molecule has 0 spiro atoms. The maximum atomic E-state index is 12.5. The van der Waals surface area contributed by atoms with E-state index in [4.69, 9.17) is 10.5 Å². The number of benzene rings is 1. The molecule has 0 aromatic heterocycles. The van der Waals surface area contributed by atoms with Crippen LogP contribution in [0.1, 0.15) is 13.8 Å². The lowest BCUT2D eigenvalue weighted by Gasteiger charge is -2.20. The van der Waals surface area contributed by atoms with Gasteiger partial charge in [0.15, 0.2) is 0 Å². The number of ether oxygens (including phenoxy) is 1. The highest BCUT2D eigenvalue weighted by Crippen LogP contribution is 2.35. The first kappa shape index (κ1) is 15.8. The van der Waals surface area contributed by atoms with Gasteiger partial charge in [-0.1, -0.05) is 12.1 Å². The lowest BCUT2D eigenvalue weighted by atomic mass is 10.1. The van der Waals surface area contributed by atoms with Crippen LogP contribution in [0.5, 0.6) is 5.75 Å². The van der Waals surface area contributed by atoms with Gasteiger partial charge in [-0.2, -0.15) is 13.2 Å². The SMILES string of the molecule is CC(C)(N)COc1ccccc1S(=O)(=O)C(F)(F)F. The van der Waals surface area contributed by atoms with Crippen LogP contribution in [0.2, 0.25) is 0 Å². The molecule has 0 radical (unpaired) electrons. The lowest BCUT2D eigenvalue weighted by Crippen LogP contribution is -2.39. The maximum absolute atomic E-state index is 12.5. The monoisotopic (exact) mass is 297 g/mol. The summed E-state index contributed by atoms with van der Waals surface area (Å²) in [5.74, 6) is -0.363. The minimum Gasteiger partial charge on any atom is -0.490 e. The second kappa shape index (κ2) is 5.01. The summed E-state index contributed by atoms with van der Waals surface area (Å²) in [4.78, 5) is -0.910. The minimum absolute atomic E-state index is 0.114. The molecule has 0 amide bonds. The van der Waals surface area contributed by atoms with Crippen molar-refractivity contribution in [2.75, 3.05) is 6.61 Å². The number of hydrogen-bond acceptors (Lipinski definition) is 4. The van der Waals surface area contributed by atoms with Crippen LogP contribution in [-0.2, 0) is 9.84 Å². The van der Waals surface area contributed by atoms with E-state index < -0.39 is 25.8 Å². The normalized spacial score (nSPS) is 13.4. The molecule has 0 aliphatic rings. The zero-order chi connectivity index (χ0) is 14.9. The van der Waals surface area contributed by atoms with E-state index in [-0.39, 0.29) is 12.4 Å². The molecule has 0 fully saturated rings. The van der Waals surface area contributed by atoms with Crippen LogP contribution >= 0.6 is 0 Å². The van der Waals surface area contributed by atoms with E-state index in [2.05, 4.69) is 0 Å². The Morgan fingerprint density at radius 2 is 1.74 bits per heavy atom. The van der Waals surface area contributed by atoms with E-state index in [1.54, 1.807) is 13.8 Å². The van der Waals surface area contributed by atoms with Crippen molar-refractivity contribution in [1.82, 2.24) is 0 Å². The third kappa shape index (κ3) is 3.84. The Labute approximate surface area is 109 Å². The second-order valence-electron chi connectivity index (χ2n) is 4.67. The highest BCUT2D eigenvalue weighted by Gasteiger charge is 2.48. The van der Waals surface area contributed by atoms with Crippen LogP contribution in [0.3, 0.4) is 0 Å². The van der Waals surface area contributed by atoms with Crippen molar-refractivity contribution in [3.8, 4) is 5.75 Å². The molecule has 0 aliphatic carbocycles. The molecule has 8 heteroatoms. The highest BCUT2D eigenvalue weighted by molar-refractivity contribution is 7.92. The molecular weight excluding hydrogens is 283 g/mol. The highest BCUT2D eigenvalue weighted by atomic mass is 32.2. The van der Waals surface area contributed by atoms with Crippen molar-refractivity contribution in [3.05, 3.63) is 24.3 Å². The van der Waals surface area contributed by atoms with Crippen LogP contribution in [0.4, 0.5) is 13.2 Å². The first-order chi connectivity index (χ1) is 8.45. The van der Waals surface area contributed by atoms with E-state index in [1.165, 1.54) is 12.1 Å². The number of nitrogens with two attached hydrogens (primary N) is 1. The average Bonchev–Trinajstić information content (AvgIpc) is 2.24. The number of halogens is 3. The Morgan fingerprint density at radius 3 is 2.21 bits per heavy atom. The van der Waals surface area contributed by atoms with Crippen molar-refractivity contribution < 1.29 is 26.3 Å². The molecule has 0 unspecified atom stereocenters. The molecule has 1 rings (SSSR count). The number of para-hydroxylation sites is 1. The standard InChI is InChI=1S/C11H14F3NO3S/c1-10(2,15)7-18-8-5-3-4-6-9(8)19(16,17)11(12,13)14/h3-6H,7,15H2,1-2H3. The Kier molecular flexibility index (Phi) is 4.16. The molecule has 19 heavy (non-hydrogen) atoms. The van der Waals surface area contributed by atoms with Crippen molar-refractivity contribution in [3.63, 3.8) is 0 Å². The third-order valence-electron chi connectivity index (χ3n) is 2.04. The molecule has 2 N–H and O–H groups in total. The molecule has 0 saturated carbocycles. The first-order valence-corrected chi connectivity index (χ1v) is 6.75. The van der Waals surface area contributed by atoms with Crippen molar-refractivity contribution >= 4 is 9.84 Å². The van der Waals surface area contributed by atoms with E-state index in [9.17, 15) is 21.6 Å². The molecule has 0 saturated heterocycles. The van der Waals surface area contributed by atoms with Gasteiger partial charge in [-0.05, 0) is 26.0 Å². The van der Waals surface area contributed by atoms with Crippen molar-refractivity contribution in [2.45, 2.75) is 29.8 Å². The minimum atomic E-state index is -5.44. The van der Waals surface area contributed by atoms with Crippen LogP contribution in [0, 0.1) is 0 Å². The predicted molar refractivity (Wildman–Crippen MR) is 63.4 cm³/mol. The summed E-state index contributed by atoms with van der Waals surface area (Å²) in [5.41, 5.74) is -0.535. The van der Waals surface area contributed by atoms with Crippen LogP contribution in [-0.4, -0.2) is 26.1 Å². The van der Waals surface area contributed by atoms with Gasteiger partial charge < -0.3 is 10.5 Å². The molecule has 4 nitrogen and oxygen atoms in total. The van der Waals surface area contributed by atoms with Gasteiger partial charge >= 0.3 is 5.51 Å². The van der Waals surface area contributed by atoms with Gasteiger partial charge in [-0.15, -0.1) is 0 Å². The lowest BCUT2D eigenvalue weighted by molar-refractivity contribution is -0.0437. The number of sulfone groups is 1. The van der Waals surface area contributed by atoms with Crippen molar-refractivity contribution in [2.24, 2.45) is 5.73 Å². The molecule has 1 aromatic carbocycles. The van der Waals surface area contributed by atoms with Crippen LogP contribution in [0.15, 0.2) is 29.2 Å². The fourth-order valence-corrected chi connectivity index (χ4v) is 2.08. The number of rotatable bonds is 4. The maximum Gasteiger partial charge on any atom is 0.502 e. The molecular formula is C11H14F3NO3S. The Morgan fingerprint density at radius 1 is 1.21 bits per heavy atom.